The standard InChI is InChI=1S/C25H28N4O4/c1-16-12-20(30-2)23(21(13-16)31-3)18-6-5-7-19-24(25(32-4)27-29(18)19)28(14-17-8-9-17)15-22-26-10-11-33-22/h5-7,10-13,17H,8-9,14-15H2,1-4H3. The molecule has 1 aromatic carbocycles. The zero-order valence-electron chi connectivity index (χ0n) is 19.4. The predicted molar refractivity (Wildman–Crippen MR) is 125 cm³/mol. The van der Waals surface area contributed by atoms with Gasteiger partial charge in [-0.15, -0.1) is 5.10 Å². The molecule has 1 saturated carbocycles. The van der Waals surface area contributed by atoms with Gasteiger partial charge in [-0.05, 0) is 55.5 Å². The topological polar surface area (TPSA) is 74.3 Å². The lowest BCUT2D eigenvalue weighted by Gasteiger charge is -2.23. The molecule has 0 spiro atoms. The summed E-state index contributed by atoms with van der Waals surface area (Å²) >= 11 is 0. The number of nitrogens with zero attached hydrogens (tertiary/aromatic N) is 4. The molecule has 33 heavy (non-hydrogen) atoms. The number of oxazole rings is 1. The molecule has 0 N–H and O–H groups in total. The van der Waals surface area contributed by atoms with E-state index in [-0.39, 0.29) is 0 Å². The molecule has 0 atom stereocenters. The summed E-state index contributed by atoms with van der Waals surface area (Å²) in [5.41, 5.74) is 4.61. The SMILES string of the molecule is COc1cc(C)cc(OC)c1-c1cccc2c(N(Cc3ncco3)CC3CC3)c(OC)nn12. The van der Waals surface area contributed by atoms with Crippen LogP contribution >= 0.6 is 0 Å². The molecule has 3 aromatic heterocycles. The summed E-state index contributed by atoms with van der Waals surface area (Å²) in [5, 5.41) is 4.85. The van der Waals surface area contributed by atoms with E-state index >= 15 is 0 Å². The number of anilines is 1. The van der Waals surface area contributed by atoms with E-state index in [0.29, 0.717) is 24.2 Å². The van der Waals surface area contributed by atoms with Crippen molar-refractivity contribution in [1.82, 2.24) is 14.6 Å². The van der Waals surface area contributed by atoms with Crippen LogP contribution in [0.5, 0.6) is 17.4 Å². The highest BCUT2D eigenvalue weighted by atomic mass is 16.5. The molecule has 1 aliphatic carbocycles. The van der Waals surface area contributed by atoms with Gasteiger partial charge >= 0.3 is 0 Å². The Morgan fingerprint density at radius 2 is 1.85 bits per heavy atom. The minimum Gasteiger partial charge on any atom is -0.496 e. The monoisotopic (exact) mass is 448 g/mol. The highest BCUT2D eigenvalue weighted by Gasteiger charge is 2.30. The first-order valence-electron chi connectivity index (χ1n) is 11.0. The minimum absolute atomic E-state index is 0.544. The van der Waals surface area contributed by atoms with Gasteiger partial charge in [-0.25, -0.2) is 9.50 Å². The Hall–Kier alpha value is -3.68. The Balaban J connectivity index is 1.69. The van der Waals surface area contributed by atoms with Crippen LogP contribution in [0.15, 0.2) is 47.2 Å². The van der Waals surface area contributed by atoms with Gasteiger partial charge in [0, 0.05) is 6.54 Å². The molecule has 0 radical (unpaired) electrons. The average molecular weight is 449 g/mol. The Morgan fingerprint density at radius 1 is 1.09 bits per heavy atom. The molecule has 1 aliphatic rings. The predicted octanol–water partition coefficient (Wildman–Crippen LogP) is 4.74. The van der Waals surface area contributed by atoms with Crippen LogP contribution in [0.25, 0.3) is 16.8 Å². The van der Waals surface area contributed by atoms with Gasteiger partial charge in [0.15, 0.2) is 0 Å². The van der Waals surface area contributed by atoms with Crippen molar-refractivity contribution in [2.45, 2.75) is 26.3 Å². The van der Waals surface area contributed by atoms with E-state index in [1.807, 2.05) is 35.7 Å². The van der Waals surface area contributed by atoms with E-state index in [2.05, 4.69) is 16.0 Å². The molecule has 1 fully saturated rings. The van der Waals surface area contributed by atoms with Crippen molar-refractivity contribution in [2.75, 3.05) is 32.8 Å². The minimum atomic E-state index is 0.544. The van der Waals surface area contributed by atoms with Crippen molar-refractivity contribution >= 4 is 11.2 Å². The summed E-state index contributed by atoms with van der Waals surface area (Å²) in [4.78, 5) is 6.60. The molecule has 0 unspecified atom stereocenters. The number of rotatable bonds is 9. The van der Waals surface area contributed by atoms with E-state index < -0.39 is 0 Å². The maximum absolute atomic E-state index is 5.77. The maximum atomic E-state index is 5.77. The molecule has 4 aromatic rings. The summed E-state index contributed by atoms with van der Waals surface area (Å²) in [6, 6.07) is 10.1. The molecule has 8 nitrogen and oxygen atoms in total. The molecule has 8 heteroatoms. The average Bonchev–Trinajstić information content (AvgIpc) is 3.34. The molecule has 0 amide bonds. The summed E-state index contributed by atoms with van der Waals surface area (Å²) in [7, 11) is 4.99. The third-order valence-corrected chi connectivity index (χ3v) is 6.00. The van der Waals surface area contributed by atoms with Crippen LogP contribution < -0.4 is 19.1 Å². The lowest BCUT2D eigenvalue weighted by molar-refractivity contribution is 0.392. The smallest absolute Gasteiger partial charge is 0.257 e. The second kappa shape index (κ2) is 8.69. The van der Waals surface area contributed by atoms with E-state index in [4.69, 9.17) is 23.7 Å². The number of hydrogen-bond donors (Lipinski definition) is 0. The normalized spacial score (nSPS) is 13.3. The molecule has 3 heterocycles. The molecule has 5 rings (SSSR count). The highest BCUT2D eigenvalue weighted by molar-refractivity contribution is 5.84. The van der Waals surface area contributed by atoms with E-state index in [0.717, 1.165) is 46.1 Å². The summed E-state index contributed by atoms with van der Waals surface area (Å²) in [5.74, 6) is 3.32. The Bertz CT molecular complexity index is 1240. The largest absolute Gasteiger partial charge is 0.496 e. The van der Waals surface area contributed by atoms with Crippen LogP contribution in [0.1, 0.15) is 24.3 Å². The number of hydrogen-bond acceptors (Lipinski definition) is 7. The fourth-order valence-electron chi connectivity index (χ4n) is 4.30. The van der Waals surface area contributed by atoms with E-state index in [1.54, 1.807) is 33.8 Å². The summed E-state index contributed by atoms with van der Waals surface area (Å²) < 4.78 is 24.7. The van der Waals surface area contributed by atoms with Crippen molar-refractivity contribution in [3.63, 3.8) is 0 Å². The summed E-state index contributed by atoms with van der Waals surface area (Å²) in [6.45, 7) is 3.45. The maximum Gasteiger partial charge on any atom is 0.257 e. The molecule has 172 valence electrons. The van der Waals surface area contributed by atoms with Gasteiger partial charge in [0.1, 0.15) is 23.4 Å². The highest BCUT2D eigenvalue weighted by Crippen LogP contribution is 2.43. The van der Waals surface area contributed by atoms with Crippen LogP contribution in [0, 0.1) is 12.8 Å². The quantitative estimate of drug-likeness (QED) is 0.366. The zero-order chi connectivity index (χ0) is 22.9. The van der Waals surface area contributed by atoms with Gasteiger partial charge in [-0.2, -0.15) is 0 Å². The fourth-order valence-corrected chi connectivity index (χ4v) is 4.30. The van der Waals surface area contributed by atoms with Gasteiger partial charge in [0.25, 0.3) is 5.88 Å². The summed E-state index contributed by atoms with van der Waals surface area (Å²) in [6.07, 6.45) is 5.73. The number of methoxy groups -OCH3 is 3. The zero-order valence-corrected chi connectivity index (χ0v) is 19.4. The molecule has 0 bridgehead atoms. The number of benzene rings is 1. The number of fused-ring (bicyclic) bond motifs is 1. The Morgan fingerprint density at radius 3 is 2.45 bits per heavy atom. The van der Waals surface area contributed by atoms with Gasteiger partial charge in [0.2, 0.25) is 5.89 Å². The van der Waals surface area contributed by atoms with Crippen molar-refractivity contribution in [1.29, 1.82) is 0 Å². The molecule has 0 aliphatic heterocycles. The third kappa shape index (κ3) is 3.97. The van der Waals surface area contributed by atoms with Gasteiger partial charge in [-0.3, -0.25) is 0 Å². The fraction of sp³-hybridized carbons (Fsp3) is 0.360. The van der Waals surface area contributed by atoms with Gasteiger partial charge in [-0.1, -0.05) is 6.07 Å². The van der Waals surface area contributed by atoms with Crippen LogP contribution in [-0.2, 0) is 6.54 Å². The molecule has 0 saturated heterocycles. The van der Waals surface area contributed by atoms with Crippen LogP contribution in [0.4, 0.5) is 5.69 Å². The first-order chi connectivity index (χ1) is 16.1. The first kappa shape index (κ1) is 21.2. The third-order valence-electron chi connectivity index (χ3n) is 6.00. The number of pyridine rings is 1. The Labute approximate surface area is 192 Å². The van der Waals surface area contributed by atoms with Crippen LogP contribution in [0.2, 0.25) is 0 Å². The second-order valence-corrected chi connectivity index (χ2v) is 8.36. The first-order valence-corrected chi connectivity index (χ1v) is 11.0. The van der Waals surface area contributed by atoms with Crippen LogP contribution in [0.3, 0.4) is 0 Å². The lowest BCUT2D eigenvalue weighted by atomic mass is 10.1. The Kier molecular flexibility index (Phi) is 5.58. The number of aryl methyl sites for hydroxylation is 1. The van der Waals surface area contributed by atoms with Crippen molar-refractivity contribution in [2.24, 2.45) is 5.92 Å². The van der Waals surface area contributed by atoms with Gasteiger partial charge < -0.3 is 23.5 Å². The lowest BCUT2D eigenvalue weighted by Crippen LogP contribution is -2.25. The van der Waals surface area contributed by atoms with Crippen molar-refractivity contribution < 1.29 is 18.6 Å². The van der Waals surface area contributed by atoms with Gasteiger partial charge in [0.05, 0.1) is 50.8 Å². The van der Waals surface area contributed by atoms with E-state index in [9.17, 15) is 0 Å². The van der Waals surface area contributed by atoms with E-state index in [1.165, 1.54) is 12.8 Å². The molecular formula is C25H28N4O4. The number of aromatic nitrogens is 3. The molecular weight excluding hydrogens is 420 g/mol. The van der Waals surface area contributed by atoms with Crippen LogP contribution in [-0.4, -0.2) is 42.5 Å². The van der Waals surface area contributed by atoms with Crippen molar-refractivity contribution in [3.05, 3.63) is 54.2 Å². The second-order valence-electron chi connectivity index (χ2n) is 8.36. The number of ether oxygens (including phenoxy) is 3. The van der Waals surface area contributed by atoms with Crippen molar-refractivity contribution in [3.8, 4) is 28.6 Å².